The topological polar surface area (TPSA) is 72.2 Å². The molecule has 0 aromatic heterocycles. The van der Waals surface area contributed by atoms with Crippen LogP contribution >= 0.6 is 0 Å². The van der Waals surface area contributed by atoms with Gasteiger partial charge in [0.1, 0.15) is 6.29 Å². The Morgan fingerprint density at radius 3 is 1.93 bits per heavy atom. The lowest BCUT2D eigenvalue weighted by Crippen LogP contribution is -2.32. The Kier molecular flexibility index (Phi) is 21.2. The lowest BCUT2D eigenvalue weighted by atomic mass is 10.1. The number of nitrogens with one attached hydrogen (secondary N) is 1. The second kappa shape index (κ2) is 22.1. The van der Waals surface area contributed by atoms with Gasteiger partial charge in [-0.15, -0.1) is 0 Å². The Bertz CT molecular complexity index is 383. The largest absolute Gasteiger partial charge is 0.356 e. The zero-order valence-electron chi connectivity index (χ0n) is 18.4. The summed E-state index contributed by atoms with van der Waals surface area (Å²) in [6.45, 7) is 3.00. The highest BCUT2D eigenvalue weighted by atomic mass is 16.1. The quantitative estimate of drug-likeness (QED) is 0.146. The highest BCUT2D eigenvalue weighted by molar-refractivity contribution is 5.76. The summed E-state index contributed by atoms with van der Waals surface area (Å²) < 4.78 is 0. The third-order valence-corrected chi connectivity index (χ3v) is 5.11. The van der Waals surface area contributed by atoms with Crippen LogP contribution < -0.4 is 11.1 Å². The number of hydrogen-bond donors (Lipinski definition) is 2. The fourth-order valence-electron chi connectivity index (χ4n) is 3.29. The minimum atomic E-state index is -0.204. The molecule has 3 N–H and O–H groups in total. The van der Waals surface area contributed by atoms with Crippen molar-refractivity contribution in [1.29, 1.82) is 0 Å². The fourth-order valence-corrected chi connectivity index (χ4v) is 3.29. The highest BCUT2D eigenvalue weighted by Gasteiger charge is 2.08. The fraction of sp³-hybridized carbons (Fsp3) is 0.833. The minimum absolute atomic E-state index is 0.00569. The number of aldehydes is 1. The van der Waals surface area contributed by atoms with E-state index in [0.717, 1.165) is 19.3 Å². The average Bonchev–Trinajstić information content (AvgIpc) is 2.68. The van der Waals surface area contributed by atoms with E-state index in [1.807, 2.05) is 0 Å². The molecule has 0 fully saturated rings. The van der Waals surface area contributed by atoms with E-state index in [4.69, 9.17) is 5.73 Å². The normalized spacial score (nSPS) is 12.4. The molecular weight excluding hydrogens is 348 g/mol. The van der Waals surface area contributed by atoms with Crippen LogP contribution in [0.1, 0.15) is 116 Å². The number of carbonyl (C=O) groups excluding carboxylic acids is 2. The standard InChI is InChI=1S/C24H46N2O2/c1-2-3-4-5-6-7-8-9-10-11-12-13-14-15-16-17-20-26-24(28)22-23(25)19-18-21-27/h9-10,21,23H,2-8,11-20,22,25H2,1H3,(H,26,28)/b10-9-. The Balaban J connectivity index is 3.25. The molecule has 0 heterocycles. The Morgan fingerprint density at radius 1 is 0.821 bits per heavy atom. The lowest BCUT2D eigenvalue weighted by molar-refractivity contribution is -0.121. The predicted octanol–water partition coefficient (Wildman–Crippen LogP) is 5.84. The van der Waals surface area contributed by atoms with Crippen LogP contribution in [0.15, 0.2) is 12.2 Å². The van der Waals surface area contributed by atoms with Gasteiger partial charge in [0.2, 0.25) is 5.91 Å². The molecular formula is C24H46N2O2. The van der Waals surface area contributed by atoms with Crippen LogP contribution in [0.2, 0.25) is 0 Å². The zero-order chi connectivity index (χ0) is 20.7. The summed E-state index contributed by atoms with van der Waals surface area (Å²) >= 11 is 0. The van der Waals surface area contributed by atoms with Gasteiger partial charge in [0.15, 0.2) is 0 Å². The van der Waals surface area contributed by atoms with Gasteiger partial charge in [-0.25, -0.2) is 0 Å². The maximum Gasteiger partial charge on any atom is 0.221 e. The van der Waals surface area contributed by atoms with Crippen molar-refractivity contribution in [3.63, 3.8) is 0 Å². The van der Waals surface area contributed by atoms with Crippen molar-refractivity contribution in [2.24, 2.45) is 5.73 Å². The van der Waals surface area contributed by atoms with E-state index in [0.29, 0.717) is 19.3 Å². The van der Waals surface area contributed by atoms with Gasteiger partial charge in [-0.05, 0) is 38.5 Å². The van der Waals surface area contributed by atoms with E-state index in [1.165, 1.54) is 83.5 Å². The van der Waals surface area contributed by atoms with Crippen molar-refractivity contribution < 1.29 is 9.59 Å². The van der Waals surface area contributed by atoms with Crippen molar-refractivity contribution in [3.05, 3.63) is 12.2 Å². The molecule has 0 aliphatic carbocycles. The summed E-state index contributed by atoms with van der Waals surface area (Å²) in [5, 5.41) is 2.92. The summed E-state index contributed by atoms with van der Waals surface area (Å²) in [7, 11) is 0. The first kappa shape index (κ1) is 26.8. The van der Waals surface area contributed by atoms with Gasteiger partial charge in [-0.1, -0.05) is 76.9 Å². The van der Waals surface area contributed by atoms with Gasteiger partial charge in [0.05, 0.1) is 0 Å². The third-order valence-electron chi connectivity index (χ3n) is 5.11. The molecule has 0 rings (SSSR count). The summed E-state index contributed by atoms with van der Waals surface area (Å²) in [4.78, 5) is 22.0. The first-order valence-electron chi connectivity index (χ1n) is 11.8. The van der Waals surface area contributed by atoms with Crippen molar-refractivity contribution >= 4 is 12.2 Å². The number of carbonyl (C=O) groups is 2. The van der Waals surface area contributed by atoms with E-state index < -0.39 is 0 Å². The number of allylic oxidation sites excluding steroid dienone is 2. The molecule has 0 aliphatic heterocycles. The maximum absolute atomic E-state index is 11.7. The lowest BCUT2D eigenvalue weighted by Gasteiger charge is -2.10. The molecule has 4 nitrogen and oxygen atoms in total. The van der Waals surface area contributed by atoms with Crippen molar-refractivity contribution in [2.75, 3.05) is 6.54 Å². The summed E-state index contributed by atoms with van der Waals surface area (Å²) in [6, 6.07) is -0.204. The molecule has 0 bridgehead atoms. The highest BCUT2D eigenvalue weighted by Crippen LogP contribution is 2.09. The van der Waals surface area contributed by atoms with Gasteiger partial charge in [0.25, 0.3) is 0 Å². The number of hydrogen-bond acceptors (Lipinski definition) is 3. The summed E-state index contributed by atoms with van der Waals surface area (Å²) in [6.07, 6.45) is 25.0. The van der Waals surface area contributed by atoms with E-state index >= 15 is 0 Å². The van der Waals surface area contributed by atoms with Crippen LogP contribution in [0, 0.1) is 0 Å². The van der Waals surface area contributed by atoms with E-state index in [-0.39, 0.29) is 11.9 Å². The van der Waals surface area contributed by atoms with Crippen molar-refractivity contribution in [3.8, 4) is 0 Å². The Hall–Kier alpha value is -1.16. The molecule has 164 valence electrons. The number of rotatable bonds is 21. The molecule has 0 saturated heterocycles. The van der Waals surface area contributed by atoms with Gasteiger partial charge in [-0.3, -0.25) is 4.79 Å². The average molecular weight is 395 g/mol. The van der Waals surface area contributed by atoms with Crippen molar-refractivity contribution in [1.82, 2.24) is 5.32 Å². The number of amides is 1. The summed E-state index contributed by atoms with van der Waals surface area (Å²) in [5.74, 6) is 0.00569. The second-order valence-corrected chi connectivity index (χ2v) is 8.00. The van der Waals surface area contributed by atoms with Crippen LogP contribution in [0.5, 0.6) is 0 Å². The Labute approximate surface area is 174 Å². The third kappa shape index (κ3) is 21.1. The molecule has 1 amide bonds. The van der Waals surface area contributed by atoms with Gasteiger partial charge in [-0.2, -0.15) is 0 Å². The molecule has 0 aromatic carbocycles. The molecule has 0 spiro atoms. The molecule has 0 radical (unpaired) electrons. The van der Waals surface area contributed by atoms with Gasteiger partial charge in [0, 0.05) is 25.4 Å². The van der Waals surface area contributed by atoms with E-state index in [9.17, 15) is 9.59 Å². The first-order valence-corrected chi connectivity index (χ1v) is 11.8. The van der Waals surface area contributed by atoms with E-state index in [2.05, 4.69) is 24.4 Å². The zero-order valence-corrected chi connectivity index (χ0v) is 18.4. The smallest absolute Gasteiger partial charge is 0.221 e. The van der Waals surface area contributed by atoms with E-state index in [1.54, 1.807) is 0 Å². The first-order chi connectivity index (χ1) is 13.7. The maximum atomic E-state index is 11.7. The van der Waals surface area contributed by atoms with Crippen LogP contribution in [0.25, 0.3) is 0 Å². The molecule has 0 aromatic rings. The molecule has 1 unspecified atom stereocenters. The summed E-state index contributed by atoms with van der Waals surface area (Å²) in [5.41, 5.74) is 5.80. The van der Waals surface area contributed by atoms with Crippen LogP contribution in [0.4, 0.5) is 0 Å². The number of unbranched alkanes of at least 4 members (excludes halogenated alkanes) is 12. The van der Waals surface area contributed by atoms with Gasteiger partial charge >= 0.3 is 0 Å². The molecule has 1 atom stereocenters. The SMILES string of the molecule is CCCCCCCC/C=C\CCCCCCCCNC(=O)CC(N)CCC=O. The second-order valence-electron chi connectivity index (χ2n) is 8.00. The molecule has 28 heavy (non-hydrogen) atoms. The number of nitrogens with two attached hydrogens (primary N) is 1. The molecule has 0 saturated carbocycles. The monoisotopic (exact) mass is 394 g/mol. The molecule has 4 heteroatoms. The Morgan fingerprint density at radius 2 is 1.36 bits per heavy atom. The van der Waals surface area contributed by atoms with Crippen LogP contribution in [-0.2, 0) is 9.59 Å². The van der Waals surface area contributed by atoms with Crippen LogP contribution in [0.3, 0.4) is 0 Å². The predicted molar refractivity (Wildman–Crippen MR) is 120 cm³/mol. The van der Waals surface area contributed by atoms with Gasteiger partial charge < -0.3 is 15.8 Å². The minimum Gasteiger partial charge on any atom is -0.356 e. The van der Waals surface area contributed by atoms with Crippen LogP contribution in [-0.4, -0.2) is 24.8 Å². The van der Waals surface area contributed by atoms with Crippen molar-refractivity contribution in [2.45, 2.75) is 122 Å². The molecule has 0 aliphatic rings.